The molecule has 13 aromatic rings. The first-order valence-corrected chi connectivity index (χ1v) is 31.3. The van der Waals surface area contributed by atoms with E-state index in [0.717, 1.165) is 89.3 Å². The van der Waals surface area contributed by atoms with E-state index < -0.39 is 0 Å². The van der Waals surface area contributed by atoms with Crippen molar-refractivity contribution < 1.29 is 9.47 Å². The molecule has 5 heterocycles. The Kier molecular flexibility index (Phi) is 15.4. The van der Waals surface area contributed by atoms with Crippen molar-refractivity contribution in [3.05, 3.63) is 240 Å². The summed E-state index contributed by atoms with van der Waals surface area (Å²) in [5.41, 5.74) is 20.7. The van der Waals surface area contributed by atoms with Gasteiger partial charge in [0.15, 0.2) is 0 Å². The summed E-state index contributed by atoms with van der Waals surface area (Å²) in [6, 6.07) is 64.4. The fraction of sp³-hybridized carbons (Fsp3) is 0.225. The smallest absolute Gasteiger partial charge is 0.138 e. The van der Waals surface area contributed by atoms with Gasteiger partial charge in [-0.05, 0) is 176 Å². The fourth-order valence-electron chi connectivity index (χ4n) is 12.8. The summed E-state index contributed by atoms with van der Waals surface area (Å²) in [6.45, 7) is 27.6. The Morgan fingerprint density at radius 2 is 0.659 bits per heavy atom. The van der Waals surface area contributed by atoms with Crippen molar-refractivity contribution in [2.45, 2.75) is 119 Å². The van der Waals surface area contributed by atoms with Crippen molar-refractivity contribution in [3.63, 3.8) is 0 Å². The van der Waals surface area contributed by atoms with E-state index in [0.29, 0.717) is 47.0 Å². The molecule has 0 fully saturated rings. The zero-order chi connectivity index (χ0) is 61.1. The van der Waals surface area contributed by atoms with Crippen LogP contribution in [0.1, 0.15) is 152 Å². The fourth-order valence-corrected chi connectivity index (χ4v) is 12.8. The molecule has 88 heavy (non-hydrogen) atoms. The first-order chi connectivity index (χ1) is 42.6. The highest BCUT2D eigenvalue weighted by molar-refractivity contribution is 6.10. The van der Waals surface area contributed by atoms with Crippen LogP contribution in [-0.2, 0) is 0 Å². The molecule has 0 bridgehead atoms. The minimum absolute atomic E-state index is 0.354. The van der Waals surface area contributed by atoms with Crippen molar-refractivity contribution in [3.8, 4) is 79.4 Å². The van der Waals surface area contributed by atoms with Gasteiger partial charge in [0.25, 0.3) is 0 Å². The second kappa shape index (κ2) is 23.6. The molecule has 0 aliphatic carbocycles. The Morgan fingerprint density at radius 1 is 0.295 bits per heavy atom. The maximum Gasteiger partial charge on any atom is 0.138 e. The Morgan fingerprint density at radius 3 is 1.02 bits per heavy atom. The summed E-state index contributed by atoms with van der Waals surface area (Å²) < 4.78 is 18.0. The van der Waals surface area contributed by atoms with Crippen LogP contribution in [0.4, 0.5) is 0 Å². The number of fused-ring (bicyclic) bond motifs is 6. The van der Waals surface area contributed by atoms with E-state index >= 15 is 0 Å². The molecular weight excluding hydrogens is 1080 g/mol. The summed E-state index contributed by atoms with van der Waals surface area (Å²) in [5.74, 6) is 6.84. The van der Waals surface area contributed by atoms with Crippen LogP contribution in [-0.4, -0.2) is 29.1 Å². The van der Waals surface area contributed by atoms with E-state index in [1.165, 1.54) is 55.6 Å². The Balaban J connectivity index is 0.768. The van der Waals surface area contributed by atoms with Gasteiger partial charge in [-0.3, -0.25) is 19.1 Å². The van der Waals surface area contributed by atoms with E-state index in [1.807, 2.05) is 73.3 Å². The molecule has 0 saturated heterocycles. The van der Waals surface area contributed by atoms with Gasteiger partial charge < -0.3 is 9.47 Å². The molecule has 0 radical (unpaired) electrons. The van der Waals surface area contributed by atoms with Crippen LogP contribution >= 0.6 is 0 Å². The zero-order valence-corrected chi connectivity index (χ0v) is 52.6. The van der Waals surface area contributed by atoms with Gasteiger partial charge in [0.2, 0.25) is 0 Å². The average Bonchev–Trinajstić information content (AvgIpc) is 1.70. The number of hydrogen-bond donors (Lipinski definition) is 0. The Bertz CT molecular complexity index is 4410. The largest absolute Gasteiger partial charge is 0.457 e. The molecule has 0 aliphatic heterocycles. The number of para-hydroxylation sites is 2. The average molecular weight is 1150 g/mol. The van der Waals surface area contributed by atoms with E-state index in [9.17, 15) is 0 Å². The van der Waals surface area contributed by atoms with E-state index in [-0.39, 0.29) is 0 Å². The molecule has 438 valence electrons. The molecule has 0 spiro atoms. The summed E-state index contributed by atoms with van der Waals surface area (Å²) in [5, 5.41) is 4.57. The van der Waals surface area contributed by atoms with Crippen LogP contribution in [0.15, 0.2) is 207 Å². The first kappa shape index (κ1) is 57.4. The van der Waals surface area contributed by atoms with Crippen molar-refractivity contribution >= 4 is 43.6 Å². The molecule has 8 aromatic carbocycles. The molecule has 0 atom stereocenters. The van der Waals surface area contributed by atoms with E-state index in [1.54, 1.807) is 0 Å². The van der Waals surface area contributed by atoms with Gasteiger partial charge in [0.1, 0.15) is 34.6 Å². The normalized spacial score (nSPS) is 12.0. The highest BCUT2D eigenvalue weighted by Crippen LogP contribution is 2.44. The molecule has 0 amide bonds. The SMILES string of the molecule is CC(C)c1cc(C(C)C)c(-c2ccnc(-n3c4ccccc4c4ccc(Oc5cccc(-c6cnc(-c7cccc(Oc8ccc9c%10ccccc%10n(-c%10cc(-c%11c(C(C)C)cc(C(C)C)cc%11C(C)C)ccn%10)c9c8)c7)cn6)c5)cc43)c2)c(C(C)C)c1. The molecule has 0 aliphatic rings. The number of pyridine rings is 2. The highest BCUT2D eigenvalue weighted by atomic mass is 16.5. The molecular formula is C80H76N6O2. The van der Waals surface area contributed by atoms with Gasteiger partial charge in [0, 0.05) is 57.2 Å². The number of rotatable bonds is 16. The van der Waals surface area contributed by atoms with Gasteiger partial charge in [-0.1, -0.05) is 168 Å². The Labute approximate surface area is 517 Å². The lowest BCUT2D eigenvalue weighted by atomic mass is 9.82. The molecule has 5 aromatic heterocycles. The molecule has 0 saturated carbocycles. The van der Waals surface area contributed by atoms with Crippen molar-refractivity contribution in [1.29, 1.82) is 0 Å². The molecule has 8 nitrogen and oxygen atoms in total. The first-order valence-electron chi connectivity index (χ1n) is 31.3. The predicted octanol–water partition coefficient (Wildman–Crippen LogP) is 22.5. The zero-order valence-electron chi connectivity index (χ0n) is 52.6. The minimum Gasteiger partial charge on any atom is -0.457 e. The lowest BCUT2D eigenvalue weighted by Gasteiger charge is -2.23. The molecule has 8 heteroatoms. The lowest BCUT2D eigenvalue weighted by molar-refractivity contribution is 0.483. The van der Waals surface area contributed by atoms with E-state index in [2.05, 4.69) is 226 Å². The topological polar surface area (TPSA) is 79.9 Å². The quantitative estimate of drug-likeness (QED) is 0.0959. The van der Waals surface area contributed by atoms with Crippen LogP contribution < -0.4 is 9.47 Å². The monoisotopic (exact) mass is 1150 g/mol. The third kappa shape index (κ3) is 10.8. The lowest BCUT2D eigenvalue weighted by Crippen LogP contribution is -2.05. The van der Waals surface area contributed by atoms with Gasteiger partial charge in [-0.15, -0.1) is 0 Å². The summed E-state index contributed by atoms with van der Waals surface area (Å²) in [4.78, 5) is 20.0. The maximum atomic E-state index is 6.72. The maximum absolute atomic E-state index is 6.72. The predicted molar refractivity (Wildman–Crippen MR) is 366 cm³/mol. The summed E-state index contributed by atoms with van der Waals surface area (Å²) in [7, 11) is 0. The second-order valence-corrected chi connectivity index (χ2v) is 25.5. The summed E-state index contributed by atoms with van der Waals surface area (Å²) >= 11 is 0. The van der Waals surface area contributed by atoms with E-state index in [4.69, 9.17) is 29.4 Å². The van der Waals surface area contributed by atoms with Crippen molar-refractivity contribution in [1.82, 2.24) is 29.1 Å². The van der Waals surface area contributed by atoms with Crippen LogP contribution in [0.25, 0.3) is 100 Å². The third-order valence-corrected chi connectivity index (χ3v) is 17.5. The standard InChI is InChI=1S/C80H76N6O2/c1-47(2)57-37-67(49(5)6)79(68(38-57)50(7)8)55-31-33-81-77(41-55)85-73-25-15-13-23-63(73)65-29-27-61(43-75(65)85)87-59-21-17-19-53(35-59)71-45-84-72(46-83-71)54-20-18-22-60(36-54)88-62-28-30-66-64-24-14-16-26-74(64)86(76(66)44-62)78-42-56(32-34-82-78)80-69(51(9)10)39-58(48(3)4)40-70(80)52(11)12/h13-52H,1-12H3. The number of nitrogens with zero attached hydrogens (tertiary/aromatic N) is 6. The number of aromatic nitrogens is 6. The minimum atomic E-state index is 0.354. The third-order valence-electron chi connectivity index (χ3n) is 17.5. The van der Waals surface area contributed by atoms with Gasteiger partial charge in [0.05, 0.1) is 45.8 Å². The number of benzene rings is 8. The molecule has 0 N–H and O–H groups in total. The van der Waals surface area contributed by atoms with Gasteiger partial charge in [-0.2, -0.15) is 0 Å². The number of hydrogen-bond acceptors (Lipinski definition) is 6. The second-order valence-electron chi connectivity index (χ2n) is 25.5. The molecule has 0 unspecified atom stereocenters. The van der Waals surface area contributed by atoms with Crippen molar-refractivity contribution in [2.24, 2.45) is 0 Å². The number of ether oxygens (including phenoxy) is 2. The highest BCUT2D eigenvalue weighted by Gasteiger charge is 2.24. The Hall–Kier alpha value is -9.66. The van der Waals surface area contributed by atoms with Gasteiger partial charge in [-0.25, -0.2) is 9.97 Å². The van der Waals surface area contributed by atoms with Crippen LogP contribution in [0, 0.1) is 0 Å². The van der Waals surface area contributed by atoms with Crippen molar-refractivity contribution in [2.75, 3.05) is 0 Å². The van der Waals surface area contributed by atoms with Crippen LogP contribution in [0.2, 0.25) is 0 Å². The molecule has 13 rings (SSSR count). The summed E-state index contributed by atoms with van der Waals surface area (Å²) in [6.07, 6.45) is 7.57. The van der Waals surface area contributed by atoms with Gasteiger partial charge >= 0.3 is 0 Å². The van der Waals surface area contributed by atoms with Crippen LogP contribution in [0.3, 0.4) is 0 Å². The van der Waals surface area contributed by atoms with Crippen LogP contribution in [0.5, 0.6) is 23.0 Å².